The second-order valence-corrected chi connectivity index (χ2v) is 6.09. The lowest BCUT2D eigenvalue weighted by molar-refractivity contribution is -0.138. The van der Waals surface area contributed by atoms with Gasteiger partial charge in [0.05, 0.1) is 5.56 Å². The maximum atomic E-state index is 12.9. The third-order valence-electron chi connectivity index (χ3n) is 4.21. The van der Waals surface area contributed by atoms with Gasteiger partial charge in [0.1, 0.15) is 5.54 Å². The van der Waals surface area contributed by atoms with Crippen LogP contribution in [0.1, 0.15) is 37.3 Å². The summed E-state index contributed by atoms with van der Waals surface area (Å²) in [4.78, 5) is 24.1. The van der Waals surface area contributed by atoms with Crippen LogP contribution in [0.15, 0.2) is 36.4 Å². The number of carbonyl (C=O) groups excluding carboxylic acids is 2. The van der Waals surface area contributed by atoms with Gasteiger partial charge in [-0.15, -0.1) is 0 Å². The number of carbonyl (C=O) groups is 2. The fraction of sp³-hybridized carbons (Fsp3) is 0.412. The number of allylic oxidation sites excluding steroid dienone is 2. The molecule has 0 bridgehead atoms. The maximum absolute atomic E-state index is 12.9. The zero-order valence-corrected chi connectivity index (χ0v) is 13.2. The van der Waals surface area contributed by atoms with Crippen molar-refractivity contribution in [3.63, 3.8) is 0 Å². The highest BCUT2D eigenvalue weighted by molar-refractivity contribution is 5.91. The van der Waals surface area contributed by atoms with Gasteiger partial charge in [-0.2, -0.15) is 13.2 Å². The zero-order chi connectivity index (χ0) is 18.0. The first-order valence-electron chi connectivity index (χ1n) is 7.58. The molecule has 1 aliphatic carbocycles. The predicted molar refractivity (Wildman–Crippen MR) is 82.6 cm³/mol. The quantitative estimate of drug-likeness (QED) is 0.809. The van der Waals surface area contributed by atoms with Gasteiger partial charge in [0, 0.05) is 6.42 Å². The molecule has 2 rings (SSSR count). The van der Waals surface area contributed by atoms with Crippen molar-refractivity contribution in [3.8, 4) is 0 Å². The summed E-state index contributed by atoms with van der Waals surface area (Å²) in [6.45, 7) is 1.31. The van der Waals surface area contributed by atoms with Crippen LogP contribution in [0.5, 0.6) is 0 Å². The molecule has 0 saturated carbocycles. The van der Waals surface area contributed by atoms with Crippen molar-refractivity contribution in [1.29, 1.82) is 0 Å². The van der Waals surface area contributed by atoms with Gasteiger partial charge >= 0.3 is 6.18 Å². The molecule has 2 amide bonds. The van der Waals surface area contributed by atoms with E-state index in [1.165, 1.54) is 19.1 Å². The van der Waals surface area contributed by atoms with Crippen molar-refractivity contribution in [2.45, 2.75) is 37.9 Å². The summed E-state index contributed by atoms with van der Waals surface area (Å²) >= 11 is 0. The van der Waals surface area contributed by atoms with Gasteiger partial charge in [-0.3, -0.25) is 9.59 Å². The molecule has 130 valence electrons. The van der Waals surface area contributed by atoms with Gasteiger partial charge in [-0.1, -0.05) is 24.3 Å². The SMILES string of the molecule is C[C@](NC(=O)C[C@@H]1C=CCC1)(C(N)=O)c1cccc(C(F)(F)F)c1. The minimum atomic E-state index is -4.55. The largest absolute Gasteiger partial charge is 0.416 e. The molecule has 24 heavy (non-hydrogen) atoms. The molecule has 2 atom stereocenters. The fourth-order valence-corrected chi connectivity index (χ4v) is 2.72. The van der Waals surface area contributed by atoms with Crippen molar-refractivity contribution in [2.24, 2.45) is 11.7 Å². The molecule has 4 nitrogen and oxygen atoms in total. The van der Waals surface area contributed by atoms with E-state index in [0.717, 1.165) is 25.0 Å². The lowest BCUT2D eigenvalue weighted by Gasteiger charge is -2.29. The van der Waals surface area contributed by atoms with Crippen LogP contribution in [-0.2, 0) is 21.3 Å². The number of amides is 2. The molecule has 7 heteroatoms. The summed E-state index contributed by atoms with van der Waals surface area (Å²) < 4.78 is 38.6. The second kappa shape index (κ2) is 6.67. The normalized spacial score (nSPS) is 19.8. The first-order valence-corrected chi connectivity index (χ1v) is 7.58. The van der Waals surface area contributed by atoms with Crippen molar-refractivity contribution in [3.05, 3.63) is 47.5 Å². The Bertz CT molecular complexity index is 670. The minimum Gasteiger partial charge on any atom is -0.367 e. The van der Waals surface area contributed by atoms with Crippen LogP contribution in [0, 0.1) is 5.92 Å². The fourth-order valence-electron chi connectivity index (χ4n) is 2.72. The molecular weight excluding hydrogens is 321 g/mol. The molecule has 1 aromatic rings. The van der Waals surface area contributed by atoms with Crippen molar-refractivity contribution in [2.75, 3.05) is 0 Å². The molecule has 1 aromatic carbocycles. The predicted octanol–water partition coefficient (Wildman–Crippen LogP) is 2.88. The van der Waals surface area contributed by atoms with Crippen LogP contribution in [0.4, 0.5) is 13.2 Å². The number of hydrogen-bond donors (Lipinski definition) is 2. The van der Waals surface area contributed by atoms with E-state index in [1.54, 1.807) is 0 Å². The van der Waals surface area contributed by atoms with E-state index in [9.17, 15) is 22.8 Å². The number of primary amides is 1. The van der Waals surface area contributed by atoms with Crippen LogP contribution < -0.4 is 11.1 Å². The summed E-state index contributed by atoms with van der Waals surface area (Å²) in [6.07, 6.45) is 1.23. The molecule has 0 saturated heterocycles. The molecule has 0 heterocycles. The topological polar surface area (TPSA) is 72.2 Å². The van der Waals surface area contributed by atoms with Crippen LogP contribution in [0.25, 0.3) is 0 Å². The van der Waals surface area contributed by atoms with E-state index in [1.807, 2.05) is 12.2 Å². The number of nitrogens with two attached hydrogens (primary N) is 1. The first kappa shape index (κ1) is 18.0. The number of halogens is 3. The Balaban J connectivity index is 2.25. The van der Waals surface area contributed by atoms with Crippen molar-refractivity contribution < 1.29 is 22.8 Å². The average Bonchev–Trinajstić information content (AvgIpc) is 2.98. The first-order chi connectivity index (χ1) is 11.1. The number of nitrogens with one attached hydrogen (secondary N) is 1. The smallest absolute Gasteiger partial charge is 0.367 e. The van der Waals surface area contributed by atoms with Crippen LogP contribution >= 0.6 is 0 Å². The molecule has 0 unspecified atom stereocenters. The van der Waals surface area contributed by atoms with E-state index >= 15 is 0 Å². The third-order valence-corrected chi connectivity index (χ3v) is 4.21. The summed E-state index contributed by atoms with van der Waals surface area (Å²) in [7, 11) is 0. The Labute approximate surface area is 137 Å². The van der Waals surface area contributed by atoms with E-state index in [0.29, 0.717) is 0 Å². The van der Waals surface area contributed by atoms with Crippen LogP contribution in [-0.4, -0.2) is 11.8 Å². The Morgan fingerprint density at radius 3 is 2.50 bits per heavy atom. The lowest BCUT2D eigenvalue weighted by Crippen LogP contribution is -2.53. The highest BCUT2D eigenvalue weighted by atomic mass is 19.4. The Morgan fingerprint density at radius 2 is 1.96 bits per heavy atom. The average molecular weight is 340 g/mol. The van der Waals surface area contributed by atoms with Gasteiger partial charge in [-0.25, -0.2) is 0 Å². The molecule has 0 fully saturated rings. The summed E-state index contributed by atoms with van der Waals surface area (Å²) in [5.41, 5.74) is 2.76. The monoisotopic (exact) mass is 340 g/mol. The van der Waals surface area contributed by atoms with Gasteiger partial charge in [0.15, 0.2) is 0 Å². The number of alkyl halides is 3. The molecule has 0 spiro atoms. The summed E-state index contributed by atoms with van der Waals surface area (Å²) in [6, 6.07) is 4.26. The molecule has 0 aromatic heterocycles. The van der Waals surface area contributed by atoms with Gasteiger partial charge in [0.25, 0.3) is 0 Å². The third kappa shape index (κ3) is 3.96. The number of benzene rings is 1. The van der Waals surface area contributed by atoms with E-state index < -0.39 is 29.1 Å². The van der Waals surface area contributed by atoms with E-state index in [4.69, 9.17) is 5.73 Å². The second-order valence-electron chi connectivity index (χ2n) is 6.09. The Kier molecular flexibility index (Phi) is 5.01. The van der Waals surface area contributed by atoms with E-state index in [-0.39, 0.29) is 17.9 Å². The molecule has 1 aliphatic rings. The zero-order valence-electron chi connectivity index (χ0n) is 13.2. The highest BCUT2D eigenvalue weighted by Crippen LogP contribution is 2.32. The van der Waals surface area contributed by atoms with Crippen molar-refractivity contribution >= 4 is 11.8 Å². The molecule has 0 aliphatic heterocycles. The standard InChI is InChI=1S/C17H19F3N2O2/c1-16(15(21)24,22-14(23)9-11-5-2-3-6-11)12-7-4-8-13(10-12)17(18,19)20/h2,4-5,7-8,10-11H,3,6,9H2,1H3,(H2,21,24)(H,22,23)/t11-,16-/m1/s1. The Morgan fingerprint density at radius 1 is 1.29 bits per heavy atom. The van der Waals surface area contributed by atoms with Crippen molar-refractivity contribution in [1.82, 2.24) is 5.32 Å². The van der Waals surface area contributed by atoms with Gasteiger partial charge in [-0.05, 0) is 43.4 Å². The lowest BCUT2D eigenvalue weighted by atomic mass is 9.89. The van der Waals surface area contributed by atoms with Gasteiger partial charge in [0.2, 0.25) is 11.8 Å². The summed E-state index contributed by atoms with van der Waals surface area (Å²) in [5, 5.41) is 2.50. The number of hydrogen-bond acceptors (Lipinski definition) is 2. The van der Waals surface area contributed by atoms with Crippen LogP contribution in [0.2, 0.25) is 0 Å². The van der Waals surface area contributed by atoms with Gasteiger partial charge < -0.3 is 11.1 Å². The molecule has 3 N–H and O–H groups in total. The van der Waals surface area contributed by atoms with E-state index in [2.05, 4.69) is 5.32 Å². The molecular formula is C17H19F3N2O2. The minimum absolute atomic E-state index is 0.000129. The highest BCUT2D eigenvalue weighted by Gasteiger charge is 2.38. The summed E-state index contributed by atoms with van der Waals surface area (Å²) in [5.74, 6) is -1.27. The molecule has 0 radical (unpaired) electrons. The maximum Gasteiger partial charge on any atom is 0.416 e. The number of rotatable bonds is 5. The Hall–Kier alpha value is -2.31. The van der Waals surface area contributed by atoms with Crippen LogP contribution in [0.3, 0.4) is 0 Å².